The van der Waals surface area contributed by atoms with Crippen molar-refractivity contribution in [1.82, 2.24) is 0 Å². The smallest absolute Gasteiger partial charge is 0.171 e. The number of unbranched alkanes of at least 4 members (excludes halogenated alkanes) is 2. The molecule has 1 rings (SSSR count). The maximum Gasteiger partial charge on any atom is 0.394 e. The first-order valence-electron chi connectivity index (χ1n) is 5.98. The molecule has 0 bridgehead atoms. The molecule has 0 spiro atoms. The van der Waals surface area contributed by atoms with Crippen LogP contribution in [0.4, 0.5) is 13.2 Å². The lowest BCUT2D eigenvalue weighted by Gasteiger charge is -2.22. The van der Waals surface area contributed by atoms with E-state index in [4.69, 9.17) is 0 Å². The minimum absolute atomic E-state index is 0.223. The fraction of sp³-hybridized carbons (Fsp3) is 1.00. The second-order valence-corrected chi connectivity index (χ2v) is 5.08. The molecular weight excluding hydrogens is 201 g/mol. The number of hydrogen-bond donors (Lipinski definition) is 0. The van der Waals surface area contributed by atoms with Gasteiger partial charge in [0.15, 0.2) is 0 Å². The molecule has 1 fully saturated rings. The molecule has 3 heteroatoms. The van der Waals surface area contributed by atoms with E-state index in [1.165, 1.54) is 0 Å². The summed E-state index contributed by atoms with van der Waals surface area (Å²) in [6.45, 7) is 4.07. The normalized spacial score (nSPS) is 21.4. The number of halogens is 3. The lowest BCUT2D eigenvalue weighted by atomic mass is 9.89. The molecule has 1 saturated carbocycles. The van der Waals surface area contributed by atoms with Gasteiger partial charge in [-0.05, 0) is 25.2 Å². The molecule has 1 atom stereocenters. The molecular formula is C12H21F3. The molecule has 0 aromatic rings. The summed E-state index contributed by atoms with van der Waals surface area (Å²) in [5, 5.41) is 0. The Bertz CT molecular complexity index is 192. The van der Waals surface area contributed by atoms with Gasteiger partial charge >= 0.3 is 6.18 Å². The lowest BCUT2D eigenvalue weighted by molar-refractivity contribution is -0.191. The molecule has 0 amide bonds. The summed E-state index contributed by atoms with van der Waals surface area (Å²) in [5.41, 5.74) is -1.29. The van der Waals surface area contributed by atoms with Gasteiger partial charge in [0.1, 0.15) is 0 Å². The number of rotatable bonds is 6. The molecule has 0 aliphatic heterocycles. The Hall–Kier alpha value is -0.210. The minimum atomic E-state index is -3.97. The first kappa shape index (κ1) is 12.9. The van der Waals surface area contributed by atoms with Crippen molar-refractivity contribution in [2.75, 3.05) is 0 Å². The maximum absolute atomic E-state index is 12.6. The van der Waals surface area contributed by atoms with Gasteiger partial charge in [0, 0.05) is 0 Å². The van der Waals surface area contributed by atoms with E-state index in [1.54, 1.807) is 0 Å². The van der Waals surface area contributed by atoms with Crippen molar-refractivity contribution >= 4 is 0 Å². The standard InChI is InChI=1S/C12H21F3/c1-3-4-5-6-10(2)9-11(7-8-11)12(13,14)15/h10H,3-9H2,1-2H3. The van der Waals surface area contributed by atoms with Crippen molar-refractivity contribution in [2.24, 2.45) is 11.3 Å². The van der Waals surface area contributed by atoms with Gasteiger partial charge in [-0.1, -0.05) is 39.5 Å². The van der Waals surface area contributed by atoms with E-state index in [9.17, 15) is 13.2 Å². The van der Waals surface area contributed by atoms with E-state index < -0.39 is 11.6 Å². The van der Waals surface area contributed by atoms with Crippen LogP contribution in [0.3, 0.4) is 0 Å². The zero-order valence-electron chi connectivity index (χ0n) is 9.66. The van der Waals surface area contributed by atoms with Crippen LogP contribution in [0.1, 0.15) is 58.8 Å². The van der Waals surface area contributed by atoms with Gasteiger partial charge in [0.05, 0.1) is 5.41 Å². The van der Waals surface area contributed by atoms with Crippen molar-refractivity contribution in [1.29, 1.82) is 0 Å². The summed E-state index contributed by atoms with van der Waals surface area (Å²) < 4.78 is 37.9. The highest BCUT2D eigenvalue weighted by atomic mass is 19.4. The SMILES string of the molecule is CCCCCC(C)CC1(C(F)(F)F)CC1. The fourth-order valence-electron chi connectivity index (χ4n) is 2.27. The van der Waals surface area contributed by atoms with Crippen molar-refractivity contribution in [3.63, 3.8) is 0 Å². The number of alkyl halides is 3. The predicted octanol–water partition coefficient (Wildman–Crippen LogP) is 4.94. The monoisotopic (exact) mass is 222 g/mol. The van der Waals surface area contributed by atoms with E-state index in [0.717, 1.165) is 25.7 Å². The van der Waals surface area contributed by atoms with Crippen LogP contribution in [0.5, 0.6) is 0 Å². The molecule has 0 N–H and O–H groups in total. The quantitative estimate of drug-likeness (QED) is 0.559. The molecule has 0 aromatic heterocycles. The maximum atomic E-state index is 12.6. The summed E-state index contributed by atoms with van der Waals surface area (Å²) in [5.74, 6) is 0.223. The lowest BCUT2D eigenvalue weighted by Crippen LogP contribution is -2.26. The third-order valence-electron chi connectivity index (χ3n) is 3.49. The van der Waals surface area contributed by atoms with E-state index in [0.29, 0.717) is 19.3 Å². The highest BCUT2D eigenvalue weighted by Crippen LogP contribution is 2.61. The van der Waals surface area contributed by atoms with Crippen LogP contribution < -0.4 is 0 Å². The van der Waals surface area contributed by atoms with Gasteiger partial charge in [0.25, 0.3) is 0 Å². The molecule has 0 saturated heterocycles. The predicted molar refractivity (Wildman–Crippen MR) is 55.6 cm³/mol. The molecule has 0 aromatic carbocycles. The minimum Gasteiger partial charge on any atom is -0.171 e. The molecule has 1 aliphatic carbocycles. The zero-order valence-corrected chi connectivity index (χ0v) is 9.66. The largest absolute Gasteiger partial charge is 0.394 e. The average molecular weight is 222 g/mol. The van der Waals surface area contributed by atoms with E-state index >= 15 is 0 Å². The first-order valence-corrected chi connectivity index (χ1v) is 5.98. The Labute approximate surface area is 90.2 Å². The molecule has 0 heterocycles. The first-order chi connectivity index (χ1) is 6.91. The third kappa shape index (κ3) is 3.39. The molecule has 90 valence electrons. The average Bonchev–Trinajstić information content (AvgIpc) is 2.84. The van der Waals surface area contributed by atoms with Crippen LogP contribution in [0, 0.1) is 11.3 Å². The van der Waals surface area contributed by atoms with Crippen LogP contribution in [-0.2, 0) is 0 Å². The Morgan fingerprint density at radius 3 is 2.20 bits per heavy atom. The Kier molecular flexibility index (Phi) is 4.07. The highest BCUT2D eigenvalue weighted by molar-refractivity contribution is 4.99. The van der Waals surface area contributed by atoms with Crippen LogP contribution in [0.25, 0.3) is 0 Å². The van der Waals surface area contributed by atoms with E-state index in [2.05, 4.69) is 6.92 Å². The third-order valence-corrected chi connectivity index (χ3v) is 3.49. The number of hydrogen-bond acceptors (Lipinski definition) is 0. The highest BCUT2D eigenvalue weighted by Gasteiger charge is 2.62. The van der Waals surface area contributed by atoms with Gasteiger partial charge in [-0.2, -0.15) is 13.2 Å². The van der Waals surface area contributed by atoms with Crippen molar-refractivity contribution in [2.45, 2.75) is 65.0 Å². The Balaban J connectivity index is 2.29. The fourth-order valence-corrected chi connectivity index (χ4v) is 2.27. The van der Waals surface area contributed by atoms with Gasteiger partial charge in [-0.15, -0.1) is 0 Å². The topological polar surface area (TPSA) is 0 Å². The van der Waals surface area contributed by atoms with Gasteiger partial charge in [-0.3, -0.25) is 0 Å². The van der Waals surface area contributed by atoms with Crippen LogP contribution in [0.2, 0.25) is 0 Å². The summed E-state index contributed by atoms with van der Waals surface area (Å²) >= 11 is 0. The Morgan fingerprint density at radius 2 is 1.80 bits per heavy atom. The summed E-state index contributed by atoms with van der Waals surface area (Å²) in [6.07, 6.45) is 1.40. The van der Waals surface area contributed by atoms with Gasteiger partial charge in [-0.25, -0.2) is 0 Å². The van der Waals surface area contributed by atoms with Crippen molar-refractivity contribution in [3.05, 3.63) is 0 Å². The molecule has 15 heavy (non-hydrogen) atoms. The summed E-state index contributed by atoms with van der Waals surface area (Å²) in [6, 6.07) is 0. The van der Waals surface area contributed by atoms with Crippen LogP contribution in [0.15, 0.2) is 0 Å². The van der Waals surface area contributed by atoms with Gasteiger partial charge < -0.3 is 0 Å². The van der Waals surface area contributed by atoms with Gasteiger partial charge in [0.2, 0.25) is 0 Å². The molecule has 1 aliphatic rings. The van der Waals surface area contributed by atoms with Crippen LogP contribution >= 0.6 is 0 Å². The van der Waals surface area contributed by atoms with Crippen LogP contribution in [-0.4, -0.2) is 6.18 Å². The Morgan fingerprint density at radius 1 is 1.20 bits per heavy atom. The summed E-state index contributed by atoms with van der Waals surface area (Å²) in [4.78, 5) is 0. The molecule has 1 unspecified atom stereocenters. The summed E-state index contributed by atoms with van der Waals surface area (Å²) in [7, 11) is 0. The second kappa shape index (κ2) is 4.75. The molecule has 0 radical (unpaired) electrons. The van der Waals surface area contributed by atoms with E-state index in [-0.39, 0.29) is 5.92 Å². The molecule has 0 nitrogen and oxygen atoms in total. The van der Waals surface area contributed by atoms with Crippen molar-refractivity contribution in [3.8, 4) is 0 Å². The van der Waals surface area contributed by atoms with E-state index in [1.807, 2.05) is 6.92 Å². The second-order valence-electron chi connectivity index (χ2n) is 5.08. The zero-order chi connectivity index (χ0) is 11.5. The van der Waals surface area contributed by atoms with Crippen molar-refractivity contribution < 1.29 is 13.2 Å².